The number of carbonyl (C=O) groups is 1. The molecule has 0 saturated heterocycles. The quantitative estimate of drug-likeness (QED) is 0.633. The van der Waals surface area contributed by atoms with E-state index in [0.29, 0.717) is 17.3 Å². The Morgan fingerprint density at radius 2 is 2.00 bits per heavy atom. The van der Waals surface area contributed by atoms with Crippen LogP contribution in [0.2, 0.25) is 0 Å². The Morgan fingerprint density at radius 1 is 1.24 bits per heavy atom. The average Bonchev–Trinajstić information content (AvgIpc) is 3.18. The number of rotatable bonds is 7. The van der Waals surface area contributed by atoms with Crippen LogP contribution in [-0.4, -0.2) is 25.7 Å². The molecule has 2 heterocycles. The molecule has 0 fully saturated rings. The summed E-state index contributed by atoms with van der Waals surface area (Å²) < 4.78 is 18.0. The molecule has 0 aliphatic rings. The summed E-state index contributed by atoms with van der Waals surface area (Å²) in [6, 6.07) is 7.87. The van der Waals surface area contributed by atoms with Gasteiger partial charge in [0.05, 0.1) is 28.6 Å². The Morgan fingerprint density at radius 3 is 2.68 bits per heavy atom. The van der Waals surface area contributed by atoms with E-state index in [2.05, 4.69) is 9.97 Å². The minimum Gasteiger partial charge on any atom is -0.441 e. The highest BCUT2D eigenvalue weighted by Gasteiger charge is 2.16. The molecule has 0 saturated carbocycles. The maximum atomic E-state index is 12.3. The van der Waals surface area contributed by atoms with Crippen LogP contribution in [0.3, 0.4) is 0 Å². The molecule has 0 aliphatic heterocycles. The van der Waals surface area contributed by atoms with Gasteiger partial charge < -0.3 is 4.42 Å². The van der Waals surface area contributed by atoms with Crippen molar-refractivity contribution in [1.82, 2.24) is 9.97 Å². The predicted octanol–water partition coefficient (Wildman–Crippen LogP) is 3.48. The summed E-state index contributed by atoms with van der Waals surface area (Å²) >= 11 is 1.43. The van der Waals surface area contributed by atoms with Gasteiger partial charge in [0, 0.05) is 27.9 Å². The van der Waals surface area contributed by atoms with Gasteiger partial charge in [0.2, 0.25) is 5.89 Å². The van der Waals surface area contributed by atoms with Crippen molar-refractivity contribution in [2.24, 2.45) is 0 Å². The van der Waals surface area contributed by atoms with E-state index in [0.717, 1.165) is 16.1 Å². The standard InChI is InChI=1S/C18H18N2O3S2/c1-12-3-5-14(6-4-12)18-20-16(13(2)23-18)11-25(22)10-15(21)9-17-19-7-8-24-17/h3-8H,9-11H2,1-2H3. The smallest absolute Gasteiger partial charge is 0.226 e. The van der Waals surface area contributed by atoms with Gasteiger partial charge >= 0.3 is 0 Å². The highest BCUT2D eigenvalue weighted by molar-refractivity contribution is 7.84. The Balaban J connectivity index is 1.63. The van der Waals surface area contributed by atoms with E-state index in [1.54, 1.807) is 13.1 Å². The minimum absolute atomic E-state index is 0.00570. The molecule has 0 amide bonds. The predicted molar refractivity (Wildman–Crippen MR) is 99.0 cm³/mol. The summed E-state index contributed by atoms with van der Waals surface area (Å²) in [5, 5.41) is 2.58. The minimum atomic E-state index is -1.31. The Hall–Kier alpha value is -2.12. The molecule has 0 spiro atoms. The van der Waals surface area contributed by atoms with Gasteiger partial charge in [-0.3, -0.25) is 9.00 Å². The summed E-state index contributed by atoms with van der Waals surface area (Å²) in [6.07, 6.45) is 1.89. The number of Topliss-reactive ketones (excluding diaryl/α,β-unsaturated/α-hetero) is 1. The Labute approximate surface area is 152 Å². The lowest BCUT2D eigenvalue weighted by Crippen LogP contribution is -2.14. The second-order valence-corrected chi connectivity index (χ2v) is 8.19. The molecule has 25 heavy (non-hydrogen) atoms. The number of nitrogens with zero attached hydrogens (tertiary/aromatic N) is 2. The highest BCUT2D eigenvalue weighted by Crippen LogP contribution is 2.23. The SMILES string of the molecule is Cc1ccc(-c2nc(CS(=O)CC(=O)Cc3nccs3)c(C)o2)cc1. The molecule has 130 valence electrons. The first kappa shape index (κ1) is 17.7. The van der Waals surface area contributed by atoms with E-state index >= 15 is 0 Å². The van der Waals surface area contributed by atoms with Crippen LogP contribution in [0.25, 0.3) is 11.5 Å². The van der Waals surface area contributed by atoms with E-state index in [1.165, 1.54) is 11.3 Å². The first-order valence-electron chi connectivity index (χ1n) is 7.79. The van der Waals surface area contributed by atoms with Gasteiger partial charge in [-0.05, 0) is 26.0 Å². The van der Waals surface area contributed by atoms with E-state index < -0.39 is 10.8 Å². The third kappa shape index (κ3) is 4.70. The summed E-state index contributed by atoms with van der Waals surface area (Å²) in [5.41, 5.74) is 2.67. The topological polar surface area (TPSA) is 73.1 Å². The van der Waals surface area contributed by atoms with Gasteiger partial charge in [0.15, 0.2) is 5.78 Å². The normalized spacial score (nSPS) is 12.2. The average molecular weight is 374 g/mol. The number of thiazole rings is 1. The van der Waals surface area contributed by atoms with Crippen molar-refractivity contribution in [3.05, 3.63) is 57.9 Å². The maximum Gasteiger partial charge on any atom is 0.226 e. The number of oxazole rings is 1. The van der Waals surface area contributed by atoms with E-state index in [-0.39, 0.29) is 23.7 Å². The maximum absolute atomic E-state index is 12.3. The summed E-state index contributed by atoms with van der Waals surface area (Å²) in [5.74, 6) is 1.29. The van der Waals surface area contributed by atoms with Gasteiger partial charge in [-0.15, -0.1) is 11.3 Å². The summed E-state index contributed by atoms with van der Waals surface area (Å²) in [7, 11) is -1.31. The number of benzene rings is 1. The van der Waals surface area contributed by atoms with Crippen LogP contribution in [0.5, 0.6) is 0 Å². The molecule has 5 nitrogen and oxygen atoms in total. The molecule has 7 heteroatoms. The zero-order valence-electron chi connectivity index (χ0n) is 14.0. The molecule has 0 N–H and O–H groups in total. The van der Waals surface area contributed by atoms with Crippen molar-refractivity contribution >= 4 is 27.9 Å². The number of hydrogen-bond acceptors (Lipinski definition) is 6. The molecular formula is C18H18N2O3S2. The van der Waals surface area contributed by atoms with E-state index in [9.17, 15) is 9.00 Å². The van der Waals surface area contributed by atoms with Crippen LogP contribution in [0.1, 0.15) is 22.0 Å². The molecule has 1 aromatic carbocycles. The summed E-state index contributed by atoms with van der Waals surface area (Å²) in [4.78, 5) is 20.5. The Bertz CT molecular complexity index is 884. The lowest BCUT2D eigenvalue weighted by Gasteiger charge is -1.99. The molecule has 0 radical (unpaired) electrons. The fourth-order valence-corrected chi connectivity index (χ4v) is 4.11. The number of carbonyl (C=O) groups excluding carboxylic acids is 1. The van der Waals surface area contributed by atoms with Crippen LogP contribution < -0.4 is 0 Å². The van der Waals surface area contributed by atoms with Gasteiger partial charge in [-0.2, -0.15) is 0 Å². The van der Waals surface area contributed by atoms with E-state index in [4.69, 9.17) is 4.42 Å². The van der Waals surface area contributed by atoms with Crippen LogP contribution in [0.4, 0.5) is 0 Å². The third-order valence-electron chi connectivity index (χ3n) is 3.64. The van der Waals surface area contributed by atoms with Crippen molar-refractivity contribution in [3.8, 4) is 11.5 Å². The number of aryl methyl sites for hydroxylation is 2. The summed E-state index contributed by atoms with van der Waals surface area (Å²) in [6.45, 7) is 3.82. The zero-order chi connectivity index (χ0) is 17.8. The monoisotopic (exact) mass is 374 g/mol. The lowest BCUT2D eigenvalue weighted by molar-refractivity contribution is -0.116. The fraction of sp³-hybridized carbons (Fsp3) is 0.278. The zero-order valence-corrected chi connectivity index (χ0v) is 15.7. The lowest BCUT2D eigenvalue weighted by atomic mass is 10.1. The van der Waals surface area contributed by atoms with Crippen molar-refractivity contribution in [1.29, 1.82) is 0 Å². The van der Waals surface area contributed by atoms with E-state index in [1.807, 2.05) is 36.6 Å². The first-order valence-corrected chi connectivity index (χ1v) is 10.2. The van der Waals surface area contributed by atoms with Crippen molar-refractivity contribution in [2.45, 2.75) is 26.0 Å². The van der Waals surface area contributed by atoms with Crippen molar-refractivity contribution in [2.75, 3.05) is 5.75 Å². The van der Waals surface area contributed by atoms with Crippen molar-refractivity contribution in [3.63, 3.8) is 0 Å². The number of aromatic nitrogens is 2. The van der Waals surface area contributed by atoms with Crippen LogP contribution in [-0.2, 0) is 27.8 Å². The van der Waals surface area contributed by atoms with Gasteiger partial charge in [0.1, 0.15) is 5.76 Å². The largest absolute Gasteiger partial charge is 0.441 e. The number of hydrogen-bond donors (Lipinski definition) is 0. The first-order chi connectivity index (χ1) is 12.0. The number of ketones is 1. The van der Waals surface area contributed by atoms with Crippen LogP contribution in [0, 0.1) is 13.8 Å². The third-order valence-corrected chi connectivity index (χ3v) is 5.66. The van der Waals surface area contributed by atoms with Gasteiger partial charge in [-0.25, -0.2) is 9.97 Å². The van der Waals surface area contributed by atoms with Gasteiger partial charge in [-0.1, -0.05) is 17.7 Å². The van der Waals surface area contributed by atoms with Crippen molar-refractivity contribution < 1.29 is 13.4 Å². The van der Waals surface area contributed by atoms with Gasteiger partial charge in [0.25, 0.3) is 0 Å². The van der Waals surface area contributed by atoms with Crippen LogP contribution in [0.15, 0.2) is 40.3 Å². The second kappa shape index (κ2) is 7.84. The second-order valence-electron chi connectivity index (χ2n) is 5.76. The Kier molecular flexibility index (Phi) is 5.55. The molecule has 0 bridgehead atoms. The molecule has 2 aromatic heterocycles. The highest BCUT2D eigenvalue weighted by atomic mass is 32.2. The molecule has 1 atom stereocenters. The molecular weight excluding hydrogens is 356 g/mol. The molecule has 3 aromatic rings. The van der Waals surface area contributed by atoms with Crippen LogP contribution >= 0.6 is 11.3 Å². The molecule has 3 rings (SSSR count). The fourth-order valence-electron chi connectivity index (χ4n) is 2.32. The molecule has 0 aliphatic carbocycles. The molecule has 1 unspecified atom stereocenters.